The summed E-state index contributed by atoms with van der Waals surface area (Å²) >= 11 is 3.41. The van der Waals surface area contributed by atoms with Crippen molar-refractivity contribution in [3.8, 4) is 6.07 Å². The van der Waals surface area contributed by atoms with Crippen LogP contribution in [0.4, 0.5) is 5.69 Å². The molecule has 1 aliphatic rings. The zero-order chi connectivity index (χ0) is 11.6. The van der Waals surface area contributed by atoms with Crippen LogP contribution in [0.1, 0.15) is 26.2 Å². The maximum atomic E-state index is 9.33. The van der Waals surface area contributed by atoms with Gasteiger partial charge in [-0.1, -0.05) is 22.9 Å². The van der Waals surface area contributed by atoms with Gasteiger partial charge in [0.05, 0.1) is 6.07 Å². The third-order valence-electron chi connectivity index (χ3n) is 3.20. The van der Waals surface area contributed by atoms with Gasteiger partial charge in [-0.3, -0.25) is 0 Å². The maximum Gasteiger partial charge on any atom is 0.125 e. The van der Waals surface area contributed by atoms with Crippen LogP contribution >= 0.6 is 15.9 Å². The van der Waals surface area contributed by atoms with Gasteiger partial charge >= 0.3 is 0 Å². The molecule has 0 bridgehead atoms. The number of hydrogen-bond acceptors (Lipinski definition) is 2. The molecule has 3 heteroatoms. The maximum absolute atomic E-state index is 9.33. The lowest BCUT2D eigenvalue weighted by Crippen LogP contribution is -2.33. The molecule has 0 aromatic heterocycles. The van der Waals surface area contributed by atoms with E-state index in [1.54, 1.807) is 0 Å². The summed E-state index contributed by atoms with van der Waals surface area (Å²) in [5, 5.41) is 12.7. The van der Waals surface area contributed by atoms with Crippen LogP contribution in [0.25, 0.3) is 0 Å². The Morgan fingerprint density at radius 2 is 2.12 bits per heavy atom. The lowest BCUT2D eigenvalue weighted by Gasteiger charge is -2.23. The Labute approximate surface area is 105 Å². The monoisotopic (exact) mass is 278 g/mol. The quantitative estimate of drug-likeness (QED) is 0.889. The van der Waals surface area contributed by atoms with Gasteiger partial charge in [0.1, 0.15) is 5.54 Å². The van der Waals surface area contributed by atoms with Crippen molar-refractivity contribution in [3.05, 3.63) is 28.7 Å². The first-order chi connectivity index (χ1) is 7.63. The van der Waals surface area contributed by atoms with Crippen molar-refractivity contribution in [2.75, 3.05) is 5.32 Å². The molecule has 1 aliphatic carbocycles. The van der Waals surface area contributed by atoms with Gasteiger partial charge in [0.2, 0.25) is 0 Å². The molecule has 2 atom stereocenters. The van der Waals surface area contributed by atoms with E-state index in [0.29, 0.717) is 5.92 Å². The molecule has 1 aromatic carbocycles. The molecule has 0 saturated heterocycles. The molecule has 0 heterocycles. The second-order valence-corrected chi connectivity index (χ2v) is 5.59. The number of nitrogens with one attached hydrogen (secondary N) is 1. The first-order valence-electron chi connectivity index (χ1n) is 5.58. The van der Waals surface area contributed by atoms with E-state index in [2.05, 4.69) is 34.2 Å². The van der Waals surface area contributed by atoms with Gasteiger partial charge in [-0.15, -0.1) is 0 Å². The fourth-order valence-electron chi connectivity index (χ4n) is 2.34. The van der Waals surface area contributed by atoms with Crippen molar-refractivity contribution in [2.24, 2.45) is 5.92 Å². The Morgan fingerprint density at radius 1 is 1.44 bits per heavy atom. The number of nitrogens with zero attached hydrogens (tertiary/aromatic N) is 1. The number of halogens is 1. The SMILES string of the molecule is CC1CCC(C#N)(Nc2ccc(Br)cc2)C1. The van der Waals surface area contributed by atoms with E-state index in [1.165, 1.54) is 0 Å². The third kappa shape index (κ3) is 2.38. The van der Waals surface area contributed by atoms with Gasteiger partial charge in [0, 0.05) is 10.2 Å². The average molecular weight is 279 g/mol. The van der Waals surface area contributed by atoms with Gasteiger partial charge in [0.15, 0.2) is 0 Å². The Balaban J connectivity index is 2.14. The molecule has 2 nitrogen and oxygen atoms in total. The molecule has 1 saturated carbocycles. The van der Waals surface area contributed by atoms with Crippen LogP contribution in [0, 0.1) is 17.2 Å². The molecule has 84 valence electrons. The van der Waals surface area contributed by atoms with Crippen LogP contribution in [-0.4, -0.2) is 5.54 Å². The molecule has 1 fully saturated rings. The van der Waals surface area contributed by atoms with Crippen molar-refractivity contribution < 1.29 is 0 Å². The molecule has 1 aromatic rings. The Morgan fingerprint density at radius 3 is 2.62 bits per heavy atom. The van der Waals surface area contributed by atoms with Gasteiger partial charge in [-0.2, -0.15) is 5.26 Å². The fourth-order valence-corrected chi connectivity index (χ4v) is 2.61. The van der Waals surface area contributed by atoms with Gasteiger partial charge < -0.3 is 5.32 Å². The van der Waals surface area contributed by atoms with E-state index in [0.717, 1.165) is 29.4 Å². The van der Waals surface area contributed by atoms with Crippen molar-refractivity contribution in [3.63, 3.8) is 0 Å². The standard InChI is InChI=1S/C13H15BrN2/c1-10-6-7-13(8-10,9-15)16-12-4-2-11(14)3-5-12/h2-5,10,16H,6-8H2,1H3. The number of nitriles is 1. The predicted molar refractivity (Wildman–Crippen MR) is 69.1 cm³/mol. The average Bonchev–Trinajstić information content (AvgIpc) is 2.64. The van der Waals surface area contributed by atoms with Crippen LogP contribution in [-0.2, 0) is 0 Å². The highest BCUT2D eigenvalue weighted by Crippen LogP contribution is 2.36. The van der Waals surface area contributed by atoms with E-state index >= 15 is 0 Å². The van der Waals surface area contributed by atoms with Crippen molar-refractivity contribution in [2.45, 2.75) is 31.7 Å². The molecule has 2 unspecified atom stereocenters. The smallest absolute Gasteiger partial charge is 0.125 e. The molecule has 1 N–H and O–H groups in total. The zero-order valence-corrected chi connectivity index (χ0v) is 10.9. The van der Waals surface area contributed by atoms with E-state index in [1.807, 2.05) is 24.3 Å². The number of anilines is 1. The Hall–Kier alpha value is -1.01. The summed E-state index contributed by atoms with van der Waals surface area (Å²) in [5.74, 6) is 0.641. The molecule has 16 heavy (non-hydrogen) atoms. The second kappa shape index (κ2) is 4.47. The molecule has 0 aliphatic heterocycles. The molecule has 2 rings (SSSR count). The summed E-state index contributed by atoms with van der Waals surface area (Å²) in [7, 11) is 0. The van der Waals surface area contributed by atoms with E-state index in [4.69, 9.17) is 0 Å². The second-order valence-electron chi connectivity index (χ2n) is 4.67. The highest BCUT2D eigenvalue weighted by atomic mass is 79.9. The first kappa shape index (κ1) is 11.5. The molecular weight excluding hydrogens is 264 g/mol. The van der Waals surface area contributed by atoms with Gasteiger partial charge in [0.25, 0.3) is 0 Å². The highest BCUT2D eigenvalue weighted by Gasteiger charge is 2.37. The van der Waals surface area contributed by atoms with Crippen molar-refractivity contribution >= 4 is 21.6 Å². The van der Waals surface area contributed by atoms with Crippen molar-refractivity contribution in [1.29, 1.82) is 5.26 Å². The fraction of sp³-hybridized carbons (Fsp3) is 0.462. The lowest BCUT2D eigenvalue weighted by atomic mass is 9.98. The molecular formula is C13H15BrN2. The molecule has 0 radical (unpaired) electrons. The topological polar surface area (TPSA) is 35.8 Å². The third-order valence-corrected chi connectivity index (χ3v) is 3.73. The zero-order valence-electron chi connectivity index (χ0n) is 9.33. The normalized spacial score (nSPS) is 28.7. The summed E-state index contributed by atoms with van der Waals surface area (Å²) in [5.41, 5.74) is 0.673. The molecule has 0 spiro atoms. The predicted octanol–water partition coefficient (Wildman–Crippen LogP) is 3.94. The van der Waals surface area contributed by atoms with Crippen LogP contribution in [0.5, 0.6) is 0 Å². The van der Waals surface area contributed by atoms with Crippen LogP contribution in [0.15, 0.2) is 28.7 Å². The lowest BCUT2D eigenvalue weighted by molar-refractivity contribution is 0.558. The number of hydrogen-bond donors (Lipinski definition) is 1. The van der Waals surface area contributed by atoms with Gasteiger partial charge in [-0.25, -0.2) is 0 Å². The first-order valence-corrected chi connectivity index (χ1v) is 6.38. The summed E-state index contributed by atoms with van der Waals surface area (Å²) in [6.45, 7) is 2.21. The van der Waals surface area contributed by atoms with E-state index in [9.17, 15) is 5.26 Å². The minimum absolute atomic E-state index is 0.354. The molecule has 0 amide bonds. The Bertz CT molecular complexity index is 407. The number of benzene rings is 1. The summed E-state index contributed by atoms with van der Waals surface area (Å²) in [4.78, 5) is 0. The Kier molecular flexibility index (Phi) is 3.20. The van der Waals surface area contributed by atoms with Crippen LogP contribution < -0.4 is 5.32 Å². The van der Waals surface area contributed by atoms with Crippen molar-refractivity contribution in [1.82, 2.24) is 0 Å². The summed E-state index contributed by atoms with van der Waals surface area (Å²) in [6, 6.07) is 10.4. The highest BCUT2D eigenvalue weighted by molar-refractivity contribution is 9.10. The van der Waals surface area contributed by atoms with Crippen LogP contribution in [0.2, 0.25) is 0 Å². The van der Waals surface area contributed by atoms with Crippen LogP contribution in [0.3, 0.4) is 0 Å². The largest absolute Gasteiger partial charge is 0.367 e. The van der Waals surface area contributed by atoms with E-state index < -0.39 is 0 Å². The van der Waals surface area contributed by atoms with Gasteiger partial charge in [-0.05, 0) is 49.4 Å². The summed E-state index contributed by atoms with van der Waals surface area (Å²) in [6.07, 6.45) is 3.03. The summed E-state index contributed by atoms with van der Waals surface area (Å²) < 4.78 is 1.06. The van der Waals surface area contributed by atoms with E-state index in [-0.39, 0.29) is 5.54 Å². The minimum atomic E-state index is -0.354. The number of rotatable bonds is 2. The minimum Gasteiger partial charge on any atom is -0.367 e.